The molecule has 18 heavy (non-hydrogen) atoms. The lowest BCUT2D eigenvalue weighted by Gasteiger charge is -2.10. The van der Waals surface area contributed by atoms with Crippen molar-refractivity contribution in [2.45, 2.75) is 13.8 Å². The molecule has 0 saturated carbocycles. The summed E-state index contributed by atoms with van der Waals surface area (Å²) in [4.78, 5) is 11.9. The van der Waals surface area contributed by atoms with Gasteiger partial charge in [0.05, 0.1) is 10.7 Å². The number of benzene rings is 1. The van der Waals surface area contributed by atoms with Gasteiger partial charge in [-0.25, -0.2) is 0 Å². The normalized spacial score (nSPS) is 10.2. The summed E-state index contributed by atoms with van der Waals surface area (Å²) in [5.74, 6) is -0.322. The summed E-state index contributed by atoms with van der Waals surface area (Å²) in [6.07, 6.45) is 1.51. The van der Waals surface area contributed by atoms with Gasteiger partial charge < -0.3 is 5.32 Å². The molecule has 0 aliphatic heterocycles. The molecular formula is C13H12ClN3O. The van der Waals surface area contributed by atoms with Crippen LogP contribution in [-0.2, 0) is 0 Å². The van der Waals surface area contributed by atoms with Crippen LogP contribution < -0.4 is 5.32 Å². The maximum absolute atomic E-state index is 11.9. The molecule has 0 radical (unpaired) electrons. The largest absolute Gasteiger partial charge is 0.319 e. The molecule has 2 aromatic rings. The van der Waals surface area contributed by atoms with E-state index in [0.29, 0.717) is 10.7 Å². The lowest BCUT2D eigenvalue weighted by atomic mass is 10.1. The lowest BCUT2D eigenvalue weighted by Crippen LogP contribution is -2.15. The van der Waals surface area contributed by atoms with E-state index in [1.807, 2.05) is 19.9 Å². The Balaban J connectivity index is 2.28. The zero-order valence-electron chi connectivity index (χ0n) is 10.1. The van der Waals surface area contributed by atoms with Crippen LogP contribution in [0, 0.1) is 13.8 Å². The topological polar surface area (TPSA) is 54.9 Å². The third-order valence-corrected chi connectivity index (χ3v) is 2.77. The Morgan fingerprint density at radius 1 is 1.33 bits per heavy atom. The number of hydrogen-bond donors (Lipinski definition) is 1. The van der Waals surface area contributed by atoms with Gasteiger partial charge in [-0.05, 0) is 43.2 Å². The van der Waals surface area contributed by atoms with Crippen molar-refractivity contribution in [2.24, 2.45) is 0 Å². The molecule has 2 rings (SSSR count). The second-order valence-electron chi connectivity index (χ2n) is 4.00. The predicted octanol–water partition coefficient (Wildman–Crippen LogP) is 3.00. The monoisotopic (exact) mass is 261 g/mol. The van der Waals surface area contributed by atoms with Crippen LogP contribution in [0.2, 0.25) is 5.02 Å². The van der Waals surface area contributed by atoms with Gasteiger partial charge in [0.2, 0.25) is 0 Å². The number of hydrogen-bond acceptors (Lipinski definition) is 3. The summed E-state index contributed by atoms with van der Waals surface area (Å²) in [5.41, 5.74) is 2.83. The van der Waals surface area contributed by atoms with Gasteiger partial charge in [0.1, 0.15) is 0 Å². The molecule has 0 unspecified atom stereocenters. The van der Waals surface area contributed by atoms with Crippen molar-refractivity contribution in [2.75, 3.05) is 5.32 Å². The Kier molecular flexibility index (Phi) is 3.58. The molecule has 0 fully saturated rings. The van der Waals surface area contributed by atoms with Gasteiger partial charge in [0, 0.05) is 6.20 Å². The molecular weight excluding hydrogens is 250 g/mol. The van der Waals surface area contributed by atoms with Gasteiger partial charge in [-0.3, -0.25) is 4.79 Å². The van der Waals surface area contributed by atoms with Crippen molar-refractivity contribution in [3.63, 3.8) is 0 Å². The van der Waals surface area contributed by atoms with Crippen LogP contribution in [0.15, 0.2) is 30.5 Å². The molecule has 1 aromatic heterocycles. The highest BCUT2D eigenvalue weighted by Crippen LogP contribution is 2.27. The van der Waals surface area contributed by atoms with Gasteiger partial charge in [-0.2, -0.15) is 5.10 Å². The van der Waals surface area contributed by atoms with Crippen LogP contribution in [-0.4, -0.2) is 16.1 Å². The summed E-state index contributed by atoms with van der Waals surface area (Å²) in [6.45, 7) is 3.85. The van der Waals surface area contributed by atoms with E-state index in [2.05, 4.69) is 15.5 Å². The Bertz CT molecular complexity index is 561. The minimum atomic E-state index is -0.322. The Morgan fingerprint density at radius 2 is 2.11 bits per heavy atom. The van der Waals surface area contributed by atoms with Crippen LogP contribution >= 0.6 is 11.6 Å². The van der Waals surface area contributed by atoms with Crippen molar-refractivity contribution in [1.29, 1.82) is 0 Å². The van der Waals surface area contributed by atoms with Crippen LogP contribution in [0.1, 0.15) is 21.6 Å². The van der Waals surface area contributed by atoms with E-state index in [4.69, 9.17) is 11.6 Å². The average Bonchev–Trinajstić information content (AvgIpc) is 2.34. The van der Waals surface area contributed by atoms with Gasteiger partial charge in [-0.15, -0.1) is 5.10 Å². The molecule has 1 N–H and O–H groups in total. The molecule has 0 aliphatic carbocycles. The van der Waals surface area contributed by atoms with E-state index in [0.717, 1.165) is 11.1 Å². The number of anilines is 1. The zero-order chi connectivity index (χ0) is 13.1. The maximum atomic E-state index is 11.9. The molecule has 1 aromatic carbocycles. The van der Waals surface area contributed by atoms with Crippen molar-refractivity contribution >= 4 is 23.2 Å². The van der Waals surface area contributed by atoms with E-state index < -0.39 is 0 Å². The number of carbonyl (C=O) groups excluding carboxylic acids is 1. The number of nitrogens with one attached hydrogen (secondary N) is 1. The first-order valence-corrected chi connectivity index (χ1v) is 5.81. The van der Waals surface area contributed by atoms with E-state index in [-0.39, 0.29) is 11.6 Å². The summed E-state index contributed by atoms with van der Waals surface area (Å²) in [5, 5.41) is 10.7. The van der Waals surface area contributed by atoms with E-state index in [1.165, 1.54) is 6.20 Å². The van der Waals surface area contributed by atoms with Gasteiger partial charge >= 0.3 is 0 Å². The SMILES string of the molecule is Cc1cc(C)c(NC(=O)c2cccnn2)c(Cl)c1. The van der Waals surface area contributed by atoms with Gasteiger partial charge in [0.15, 0.2) is 5.69 Å². The smallest absolute Gasteiger partial charge is 0.276 e. The second-order valence-corrected chi connectivity index (χ2v) is 4.41. The summed E-state index contributed by atoms with van der Waals surface area (Å²) < 4.78 is 0. The standard InChI is InChI=1S/C13H12ClN3O/c1-8-6-9(2)12(10(14)7-8)16-13(18)11-4-3-5-15-17-11/h3-7H,1-2H3,(H,16,18). The minimum Gasteiger partial charge on any atom is -0.319 e. The van der Waals surface area contributed by atoms with E-state index in [1.54, 1.807) is 18.2 Å². The fraction of sp³-hybridized carbons (Fsp3) is 0.154. The molecule has 0 atom stereocenters. The maximum Gasteiger partial charge on any atom is 0.276 e. The highest BCUT2D eigenvalue weighted by atomic mass is 35.5. The van der Waals surface area contributed by atoms with Crippen molar-refractivity contribution < 1.29 is 4.79 Å². The fourth-order valence-corrected chi connectivity index (χ4v) is 2.04. The van der Waals surface area contributed by atoms with Crippen LogP contribution in [0.3, 0.4) is 0 Å². The van der Waals surface area contributed by atoms with Crippen molar-refractivity contribution in [3.8, 4) is 0 Å². The first-order chi connectivity index (χ1) is 8.58. The van der Waals surface area contributed by atoms with Crippen molar-refractivity contribution in [1.82, 2.24) is 10.2 Å². The molecule has 0 aliphatic rings. The number of nitrogens with zero attached hydrogens (tertiary/aromatic N) is 2. The number of carbonyl (C=O) groups is 1. The molecule has 0 spiro atoms. The quantitative estimate of drug-likeness (QED) is 0.904. The molecule has 0 bridgehead atoms. The molecule has 4 nitrogen and oxygen atoms in total. The number of aromatic nitrogens is 2. The molecule has 92 valence electrons. The van der Waals surface area contributed by atoms with Crippen LogP contribution in [0.25, 0.3) is 0 Å². The lowest BCUT2D eigenvalue weighted by molar-refractivity contribution is 0.102. The third-order valence-electron chi connectivity index (χ3n) is 2.48. The summed E-state index contributed by atoms with van der Waals surface area (Å²) in [6, 6.07) is 7.02. The fourth-order valence-electron chi connectivity index (χ4n) is 1.67. The third kappa shape index (κ3) is 2.65. The Morgan fingerprint density at radius 3 is 2.72 bits per heavy atom. The van der Waals surface area contributed by atoms with E-state index in [9.17, 15) is 4.79 Å². The first-order valence-electron chi connectivity index (χ1n) is 5.43. The first kappa shape index (κ1) is 12.5. The summed E-state index contributed by atoms with van der Waals surface area (Å²) in [7, 11) is 0. The summed E-state index contributed by atoms with van der Waals surface area (Å²) >= 11 is 6.12. The Labute approximate surface area is 110 Å². The second kappa shape index (κ2) is 5.14. The molecule has 5 heteroatoms. The van der Waals surface area contributed by atoms with E-state index >= 15 is 0 Å². The minimum absolute atomic E-state index is 0.258. The highest BCUT2D eigenvalue weighted by Gasteiger charge is 2.12. The number of rotatable bonds is 2. The van der Waals surface area contributed by atoms with Gasteiger partial charge in [-0.1, -0.05) is 17.7 Å². The zero-order valence-corrected chi connectivity index (χ0v) is 10.8. The number of amides is 1. The molecule has 1 heterocycles. The number of halogens is 1. The highest BCUT2D eigenvalue weighted by molar-refractivity contribution is 6.34. The van der Waals surface area contributed by atoms with Crippen molar-refractivity contribution in [3.05, 3.63) is 52.3 Å². The molecule has 1 amide bonds. The van der Waals surface area contributed by atoms with Gasteiger partial charge in [0.25, 0.3) is 5.91 Å². The van der Waals surface area contributed by atoms with Crippen LogP contribution in [0.5, 0.6) is 0 Å². The average molecular weight is 262 g/mol. The predicted molar refractivity (Wildman–Crippen MR) is 70.9 cm³/mol. The Hall–Kier alpha value is -1.94. The molecule has 0 saturated heterocycles. The number of aryl methyl sites for hydroxylation is 2. The van der Waals surface area contributed by atoms with Crippen LogP contribution in [0.4, 0.5) is 5.69 Å².